The summed E-state index contributed by atoms with van der Waals surface area (Å²) in [7, 11) is 0. The molecule has 0 spiro atoms. The van der Waals surface area contributed by atoms with Gasteiger partial charge >= 0.3 is 0 Å². The van der Waals surface area contributed by atoms with E-state index in [-0.39, 0.29) is 6.04 Å². The van der Waals surface area contributed by atoms with Gasteiger partial charge in [0.15, 0.2) is 0 Å². The Labute approximate surface area is 132 Å². The van der Waals surface area contributed by atoms with Gasteiger partial charge in [0.05, 0.1) is 6.04 Å². The molecule has 0 saturated carbocycles. The number of thiophene rings is 2. The maximum atomic E-state index is 5.82. The summed E-state index contributed by atoms with van der Waals surface area (Å²) in [6, 6.07) is 11.6. The molecule has 1 aliphatic carbocycles. The largest absolute Gasteiger partial charge is 0.271 e. The molecule has 3 N–H and O–H groups in total. The van der Waals surface area contributed by atoms with Crippen molar-refractivity contribution >= 4 is 32.1 Å². The molecule has 0 fully saturated rings. The van der Waals surface area contributed by atoms with Crippen LogP contribution in [-0.2, 0) is 19.3 Å². The molecule has 21 heavy (non-hydrogen) atoms. The number of nitrogens with one attached hydrogen (secondary N) is 1. The zero-order valence-electron chi connectivity index (χ0n) is 11.8. The standard InChI is InChI=1S/C17H18N2S2/c18-19-14(16-10-17-15(21-16)6-7-20-17)9-11-4-5-12-2-1-3-13(12)8-11/h4-8,10,14,19H,1-3,9,18H2. The minimum absolute atomic E-state index is 0.203. The van der Waals surface area contributed by atoms with Crippen LogP contribution in [0.5, 0.6) is 0 Å². The number of hydrogen-bond acceptors (Lipinski definition) is 4. The van der Waals surface area contributed by atoms with Crippen LogP contribution < -0.4 is 11.3 Å². The lowest BCUT2D eigenvalue weighted by Crippen LogP contribution is -2.28. The van der Waals surface area contributed by atoms with Crippen molar-refractivity contribution < 1.29 is 0 Å². The Balaban J connectivity index is 1.60. The van der Waals surface area contributed by atoms with Crippen LogP contribution in [0.3, 0.4) is 0 Å². The van der Waals surface area contributed by atoms with E-state index in [0.29, 0.717) is 0 Å². The zero-order chi connectivity index (χ0) is 14.2. The van der Waals surface area contributed by atoms with Gasteiger partial charge in [0.2, 0.25) is 0 Å². The van der Waals surface area contributed by atoms with Crippen molar-refractivity contribution in [1.29, 1.82) is 0 Å². The van der Waals surface area contributed by atoms with Crippen molar-refractivity contribution in [2.24, 2.45) is 5.84 Å². The van der Waals surface area contributed by atoms with Crippen LogP contribution in [0.25, 0.3) is 9.40 Å². The highest BCUT2D eigenvalue weighted by atomic mass is 32.1. The molecule has 2 heterocycles. The van der Waals surface area contributed by atoms with Gasteiger partial charge in [0.25, 0.3) is 0 Å². The second-order valence-electron chi connectivity index (χ2n) is 5.68. The van der Waals surface area contributed by atoms with Crippen molar-refractivity contribution in [3.05, 3.63) is 57.3 Å². The van der Waals surface area contributed by atoms with Crippen molar-refractivity contribution in [3.63, 3.8) is 0 Å². The van der Waals surface area contributed by atoms with Crippen LogP contribution in [0.4, 0.5) is 0 Å². The van der Waals surface area contributed by atoms with E-state index in [4.69, 9.17) is 5.84 Å². The first-order chi connectivity index (χ1) is 10.3. The fourth-order valence-electron chi connectivity index (χ4n) is 3.19. The van der Waals surface area contributed by atoms with Gasteiger partial charge in [-0.1, -0.05) is 18.2 Å². The zero-order valence-corrected chi connectivity index (χ0v) is 13.4. The molecule has 4 rings (SSSR count). The normalized spacial score (nSPS) is 15.5. The van der Waals surface area contributed by atoms with Crippen molar-refractivity contribution in [2.45, 2.75) is 31.7 Å². The number of nitrogens with two attached hydrogens (primary N) is 1. The molecule has 1 atom stereocenters. The third-order valence-corrected chi connectivity index (χ3v) is 6.51. The monoisotopic (exact) mass is 314 g/mol. The van der Waals surface area contributed by atoms with Crippen LogP contribution in [0.2, 0.25) is 0 Å². The average molecular weight is 314 g/mol. The Morgan fingerprint density at radius 2 is 2.00 bits per heavy atom. The predicted molar refractivity (Wildman–Crippen MR) is 91.9 cm³/mol. The highest BCUT2D eigenvalue weighted by molar-refractivity contribution is 7.26. The summed E-state index contributed by atoms with van der Waals surface area (Å²) in [5.41, 5.74) is 7.46. The first-order valence-corrected chi connectivity index (χ1v) is 9.07. The van der Waals surface area contributed by atoms with E-state index in [1.807, 2.05) is 11.3 Å². The summed E-state index contributed by atoms with van der Waals surface area (Å²) in [6.45, 7) is 0. The Morgan fingerprint density at radius 1 is 1.10 bits per heavy atom. The fraction of sp³-hybridized carbons (Fsp3) is 0.294. The number of aryl methyl sites for hydroxylation is 2. The SMILES string of the molecule is NNC(Cc1ccc2c(c1)CCC2)c1cc2sccc2s1. The molecule has 2 aromatic heterocycles. The Kier molecular flexibility index (Phi) is 3.55. The smallest absolute Gasteiger partial charge is 0.0594 e. The van der Waals surface area contributed by atoms with Gasteiger partial charge < -0.3 is 0 Å². The highest BCUT2D eigenvalue weighted by Gasteiger charge is 2.16. The van der Waals surface area contributed by atoms with Gasteiger partial charge in [-0.3, -0.25) is 11.3 Å². The summed E-state index contributed by atoms with van der Waals surface area (Å²) in [4.78, 5) is 1.33. The molecule has 0 radical (unpaired) electrons. The van der Waals surface area contributed by atoms with E-state index in [1.54, 1.807) is 11.3 Å². The molecule has 3 aromatic rings. The van der Waals surface area contributed by atoms with E-state index >= 15 is 0 Å². The van der Waals surface area contributed by atoms with Gasteiger partial charge in [-0.15, -0.1) is 22.7 Å². The second kappa shape index (κ2) is 5.54. The van der Waals surface area contributed by atoms with E-state index in [0.717, 1.165) is 6.42 Å². The number of hydrazine groups is 1. The molecule has 1 unspecified atom stereocenters. The van der Waals surface area contributed by atoms with Crippen molar-refractivity contribution in [3.8, 4) is 0 Å². The number of hydrogen-bond donors (Lipinski definition) is 2. The van der Waals surface area contributed by atoms with Crippen LogP contribution in [-0.4, -0.2) is 0 Å². The van der Waals surface area contributed by atoms with Gasteiger partial charge in [0.1, 0.15) is 0 Å². The molecule has 0 amide bonds. The molecule has 0 aliphatic heterocycles. The Morgan fingerprint density at radius 3 is 2.86 bits per heavy atom. The maximum absolute atomic E-state index is 5.82. The van der Waals surface area contributed by atoms with Crippen LogP contribution >= 0.6 is 22.7 Å². The third kappa shape index (κ3) is 2.53. The van der Waals surface area contributed by atoms with Crippen molar-refractivity contribution in [1.82, 2.24) is 5.43 Å². The van der Waals surface area contributed by atoms with E-state index in [1.165, 1.54) is 50.2 Å². The molecule has 1 aromatic carbocycles. The summed E-state index contributed by atoms with van der Waals surface area (Å²) < 4.78 is 2.73. The van der Waals surface area contributed by atoms with Gasteiger partial charge in [0, 0.05) is 14.3 Å². The first-order valence-electron chi connectivity index (χ1n) is 7.37. The lowest BCUT2D eigenvalue weighted by molar-refractivity contribution is 0.561. The number of rotatable bonds is 4. The summed E-state index contributed by atoms with van der Waals surface area (Å²) >= 11 is 3.65. The van der Waals surface area contributed by atoms with Gasteiger partial charge in [-0.05, 0) is 59.9 Å². The topological polar surface area (TPSA) is 38.0 Å². The summed E-state index contributed by atoms with van der Waals surface area (Å²) in [5, 5.41) is 2.15. The van der Waals surface area contributed by atoms with Crippen LogP contribution in [0.15, 0.2) is 35.7 Å². The van der Waals surface area contributed by atoms with Gasteiger partial charge in [-0.25, -0.2) is 0 Å². The average Bonchev–Trinajstić information content (AvgIpc) is 3.18. The molecule has 108 valence electrons. The first kappa shape index (κ1) is 13.5. The molecule has 0 bridgehead atoms. The number of fused-ring (bicyclic) bond motifs is 2. The fourth-order valence-corrected chi connectivity index (χ4v) is 5.37. The van der Waals surface area contributed by atoms with E-state index < -0.39 is 0 Å². The Bertz CT molecular complexity index is 744. The van der Waals surface area contributed by atoms with Gasteiger partial charge in [-0.2, -0.15) is 0 Å². The second-order valence-corrected chi connectivity index (χ2v) is 7.74. The predicted octanol–water partition coefficient (Wildman–Crippen LogP) is 4.20. The molecular weight excluding hydrogens is 296 g/mol. The van der Waals surface area contributed by atoms with Crippen molar-refractivity contribution in [2.75, 3.05) is 0 Å². The maximum Gasteiger partial charge on any atom is 0.0594 e. The quantitative estimate of drug-likeness (QED) is 0.559. The lowest BCUT2D eigenvalue weighted by Gasteiger charge is -2.15. The summed E-state index contributed by atoms with van der Waals surface area (Å²) in [6.07, 6.45) is 4.74. The Hall–Kier alpha value is -1.20. The highest BCUT2D eigenvalue weighted by Crippen LogP contribution is 2.34. The minimum atomic E-state index is 0.203. The lowest BCUT2D eigenvalue weighted by atomic mass is 10.0. The molecule has 2 nitrogen and oxygen atoms in total. The van der Waals surface area contributed by atoms with Crippen LogP contribution in [0.1, 0.15) is 34.0 Å². The summed E-state index contributed by atoms with van der Waals surface area (Å²) in [5.74, 6) is 5.82. The third-order valence-electron chi connectivity index (χ3n) is 4.31. The van der Waals surface area contributed by atoms with Crippen LogP contribution in [0, 0.1) is 0 Å². The molecular formula is C17H18N2S2. The van der Waals surface area contributed by atoms with E-state index in [2.05, 4.69) is 41.1 Å². The minimum Gasteiger partial charge on any atom is -0.271 e. The van der Waals surface area contributed by atoms with E-state index in [9.17, 15) is 0 Å². The number of benzene rings is 1. The molecule has 4 heteroatoms. The molecule has 1 aliphatic rings. The molecule has 0 saturated heterocycles.